The summed E-state index contributed by atoms with van der Waals surface area (Å²) in [6, 6.07) is 8.53. The molecular weight excluding hydrogens is 540 g/mol. The van der Waals surface area contributed by atoms with Gasteiger partial charge in [0, 0.05) is 31.2 Å². The standard InChI is InChI=1S/C32H46O8Si/c1-30(2,3)41(4,5)40-28-23(35-29(34)22(33)21-15-9-6-10-16-21)24-25(37-31(36-24)17-11-7-12-18-31)26-27(28)39-32(38-26)19-13-8-14-20-32/h6,9-10,15-16,23-28H,7-8,11-14,17-20H2,1-5H3/t23-,24-,25-,26+,27+,28+/m0/s1. The average molecular weight is 587 g/mol. The number of rotatable bonds is 5. The molecule has 5 fully saturated rings. The van der Waals surface area contributed by atoms with Gasteiger partial charge in [0.15, 0.2) is 26.0 Å². The van der Waals surface area contributed by atoms with Gasteiger partial charge in [-0.25, -0.2) is 4.79 Å². The molecule has 0 bridgehead atoms. The zero-order valence-electron chi connectivity index (χ0n) is 25.2. The Morgan fingerprint density at radius 3 is 1.68 bits per heavy atom. The molecule has 41 heavy (non-hydrogen) atoms. The van der Waals surface area contributed by atoms with E-state index in [2.05, 4.69) is 33.9 Å². The number of hydrogen-bond donors (Lipinski definition) is 0. The first-order chi connectivity index (χ1) is 19.4. The molecule has 0 amide bonds. The van der Waals surface area contributed by atoms with Gasteiger partial charge in [0.05, 0.1) is 0 Å². The van der Waals surface area contributed by atoms with Crippen molar-refractivity contribution in [2.75, 3.05) is 0 Å². The lowest BCUT2D eigenvalue weighted by atomic mass is 9.85. The van der Waals surface area contributed by atoms with Crippen molar-refractivity contribution in [2.24, 2.45) is 0 Å². The van der Waals surface area contributed by atoms with Crippen LogP contribution in [0.2, 0.25) is 18.1 Å². The SMILES string of the molecule is CC(C)(C)[Si](C)(C)O[C@@H]1[C@@H](OC(=O)C(=O)c2ccccc2)[C@@H]2OC3(CCCCC3)O[C@@H]2[C@H]2OC3(CCCCC3)O[C@H]21. The lowest BCUT2D eigenvalue weighted by Crippen LogP contribution is -2.66. The molecule has 0 aromatic heterocycles. The minimum Gasteiger partial charge on any atom is -0.451 e. The van der Waals surface area contributed by atoms with E-state index in [4.69, 9.17) is 28.1 Å². The number of carbonyl (C=O) groups excluding carboxylic acids is 2. The fourth-order valence-corrected chi connectivity index (χ4v) is 8.33. The summed E-state index contributed by atoms with van der Waals surface area (Å²) in [5, 5.41) is -0.104. The summed E-state index contributed by atoms with van der Waals surface area (Å²) < 4.78 is 40.6. The second kappa shape index (κ2) is 10.8. The summed E-state index contributed by atoms with van der Waals surface area (Å²) in [6.45, 7) is 10.9. The van der Waals surface area contributed by atoms with Crippen LogP contribution in [-0.2, 0) is 32.9 Å². The zero-order chi connectivity index (χ0) is 29.0. The molecule has 9 heteroatoms. The number of ether oxygens (including phenoxy) is 5. The van der Waals surface area contributed by atoms with E-state index in [1.165, 1.54) is 0 Å². The molecule has 1 aromatic rings. The lowest BCUT2D eigenvalue weighted by Gasteiger charge is -2.47. The fraction of sp³-hybridized carbons (Fsp3) is 0.750. The number of benzene rings is 1. The van der Waals surface area contributed by atoms with E-state index < -0.39 is 68.3 Å². The minimum atomic E-state index is -2.40. The summed E-state index contributed by atoms with van der Waals surface area (Å²) in [5.74, 6) is -3.04. The van der Waals surface area contributed by atoms with Gasteiger partial charge >= 0.3 is 5.97 Å². The van der Waals surface area contributed by atoms with E-state index in [9.17, 15) is 9.59 Å². The van der Waals surface area contributed by atoms with E-state index in [0.29, 0.717) is 5.56 Å². The predicted octanol–water partition coefficient (Wildman–Crippen LogP) is 6.07. The third kappa shape index (κ3) is 5.47. The molecule has 8 nitrogen and oxygen atoms in total. The number of carbonyl (C=O) groups is 2. The molecule has 0 radical (unpaired) electrons. The molecule has 2 heterocycles. The van der Waals surface area contributed by atoms with Gasteiger partial charge in [-0.05, 0) is 43.8 Å². The van der Waals surface area contributed by atoms with Gasteiger partial charge < -0.3 is 28.1 Å². The van der Waals surface area contributed by atoms with Crippen molar-refractivity contribution in [3.63, 3.8) is 0 Å². The first-order valence-electron chi connectivity index (χ1n) is 15.6. The van der Waals surface area contributed by atoms with E-state index >= 15 is 0 Å². The van der Waals surface area contributed by atoms with E-state index in [-0.39, 0.29) is 5.04 Å². The highest BCUT2D eigenvalue weighted by atomic mass is 28.4. The molecule has 1 aromatic carbocycles. The van der Waals surface area contributed by atoms with Crippen LogP contribution < -0.4 is 0 Å². The van der Waals surface area contributed by atoms with Crippen LogP contribution in [0.15, 0.2) is 30.3 Å². The molecule has 2 aliphatic heterocycles. The Bertz CT molecular complexity index is 1120. The number of Topliss-reactive ketones (excluding diaryl/α,β-unsaturated/α-hetero) is 1. The molecule has 2 spiro atoms. The maximum Gasteiger partial charge on any atom is 0.380 e. The quantitative estimate of drug-likeness (QED) is 0.178. The molecule has 2 saturated heterocycles. The van der Waals surface area contributed by atoms with Crippen LogP contribution in [0, 0.1) is 0 Å². The van der Waals surface area contributed by atoms with Crippen LogP contribution in [0.3, 0.4) is 0 Å². The number of esters is 1. The van der Waals surface area contributed by atoms with Crippen molar-refractivity contribution in [3.8, 4) is 0 Å². The lowest BCUT2D eigenvalue weighted by molar-refractivity contribution is -0.225. The number of ketones is 1. The van der Waals surface area contributed by atoms with Crippen LogP contribution in [-0.4, -0.2) is 68.3 Å². The fourth-order valence-electron chi connectivity index (χ4n) is 7.03. The van der Waals surface area contributed by atoms with Gasteiger partial charge in [0.25, 0.3) is 5.78 Å². The maximum absolute atomic E-state index is 13.5. The van der Waals surface area contributed by atoms with Crippen LogP contribution in [0.4, 0.5) is 0 Å². The van der Waals surface area contributed by atoms with Gasteiger partial charge in [-0.1, -0.05) is 63.9 Å². The largest absolute Gasteiger partial charge is 0.451 e. The molecule has 6 rings (SSSR count). The topological polar surface area (TPSA) is 89.5 Å². The van der Waals surface area contributed by atoms with Gasteiger partial charge in [-0.2, -0.15) is 0 Å². The van der Waals surface area contributed by atoms with E-state index in [1.54, 1.807) is 24.3 Å². The third-order valence-electron chi connectivity index (χ3n) is 10.3. The molecule has 6 atom stereocenters. The predicted molar refractivity (Wildman–Crippen MR) is 154 cm³/mol. The van der Waals surface area contributed by atoms with E-state index in [1.807, 2.05) is 6.07 Å². The van der Waals surface area contributed by atoms with Crippen LogP contribution in [0.1, 0.15) is 95.3 Å². The van der Waals surface area contributed by atoms with Crippen molar-refractivity contribution in [1.29, 1.82) is 0 Å². The first-order valence-corrected chi connectivity index (χ1v) is 18.5. The number of fused-ring (bicyclic) bond motifs is 3. The summed E-state index contributed by atoms with van der Waals surface area (Å²) in [6.07, 6.45) is 6.01. The van der Waals surface area contributed by atoms with Crippen molar-refractivity contribution < 1.29 is 37.7 Å². The van der Waals surface area contributed by atoms with Gasteiger partial charge in [-0.15, -0.1) is 0 Å². The normalized spacial score (nSPS) is 34.3. The van der Waals surface area contributed by atoms with Crippen molar-refractivity contribution >= 4 is 20.1 Å². The van der Waals surface area contributed by atoms with E-state index in [0.717, 1.165) is 64.2 Å². The second-order valence-corrected chi connectivity index (χ2v) is 18.9. The van der Waals surface area contributed by atoms with Gasteiger partial charge in [0.2, 0.25) is 0 Å². The highest BCUT2D eigenvalue weighted by Gasteiger charge is 2.68. The molecule has 5 aliphatic rings. The molecule has 226 valence electrons. The van der Waals surface area contributed by atoms with Gasteiger partial charge in [-0.3, -0.25) is 4.79 Å². The first kappa shape index (κ1) is 29.4. The van der Waals surface area contributed by atoms with Crippen molar-refractivity contribution in [3.05, 3.63) is 35.9 Å². The Kier molecular flexibility index (Phi) is 7.77. The Morgan fingerprint density at radius 1 is 0.732 bits per heavy atom. The number of hydrogen-bond acceptors (Lipinski definition) is 8. The van der Waals surface area contributed by atoms with Crippen LogP contribution in [0.25, 0.3) is 0 Å². The Balaban J connectivity index is 1.38. The highest BCUT2D eigenvalue weighted by molar-refractivity contribution is 6.74. The highest BCUT2D eigenvalue weighted by Crippen LogP contribution is 2.53. The Hall–Kier alpha value is -1.62. The molecule has 3 saturated carbocycles. The third-order valence-corrected chi connectivity index (χ3v) is 14.8. The van der Waals surface area contributed by atoms with Crippen molar-refractivity contribution in [2.45, 2.75) is 151 Å². The molecule has 0 N–H and O–H groups in total. The summed E-state index contributed by atoms with van der Waals surface area (Å²) in [7, 11) is -2.40. The van der Waals surface area contributed by atoms with Crippen LogP contribution >= 0.6 is 0 Å². The smallest absolute Gasteiger partial charge is 0.380 e. The average Bonchev–Trinajstić information content (AvgIpc) is 3.49. The summed E-state index contributed by atoms with van der Waals surface area (Å²) in [4.78, 5) is 26.7. The Morgan fingerprint density at radius 2 is 1.20 bits per heavy atom. The monoisotopic (exact) mass is 586 g/mol. The minimum absolute atomic E-state index is 0.104. The molecular formula is C32H46O8Si. The van der Waals surface area contributed by atoms with Crippen molar-refractivity contribution in [1.82, 2.24) is 0 Å². The Labute approximate surface area is 244 Å². The van der Waals surface area contributed by atoms with Crippen LogP contribution in [0.5, 0.6) is 0 Å². The summed E-state index contributed by atoms with van der Waals surface area (Å²) in [5.41, 5.74) is 0.290. The molecule has 0 unspecified atom stereocenters. The maximum atomic E-state index is 13.5. The molecule has 3 aliphatic carbocycles. The summed E-state index contributed by atoms with van der Waals surface area (Å²) >= 11 is 0. The zero-order valence-corrected chi connectivity index (χ0v) is 26.2. The second-order valence-electron chi connectivity index (χ2n) is 14.2. The van der Waals surface area contributed by atoms with Gasteiger partial charge in [0.1, 0.15) is 30.5 Å².